The zero-order valence-corrected chi connectivity index (χ0v) is 12.5. The van der Waals surface area contributed by atoms with Crippen LogP contribution in [0.1, 0.15) is 19.3 Å². The topological polar surface area (TPSA) is 87.3 Å². The molecule has 118 valence electrons. The fourth-order valence-corrected chi connectivity index (χ4v) is 2.76. The number of aromatic nitrogens is 3. The van der Waals surface area contributed by atoms with Gasteiger partial charge >= 0.3 is 0 Å². The lowest BCUT2D eigenvalue weighted by Gasteiger charge is -2.29. The van der Waals surface area contributed by atoms with Crippen LogP contribution in [0.4, 0.5) is 5.82 Å². The molecule has 1 fully saturated rings. The van der Waals surface area contributed by atoms with Crippen molar-refractivity contribution in [2.75, 3.05) is 31.5 Å². The Bertz CT molecular complexity index is 575. The van der Waals surface area contributed by atoms with E-state index >= 15 is 0 Å². The molecule has 0 unspecified atom stereocenters. The summed E-state index contributed by atoms with van der Waals surface area (Å²) in [7, 11) is 0. The van der Waals surface area contributed by atoms with Gasteiger partial charge in [0.1, 0.15) is 5.82 Å². The number of β-amino-alcohol motifs (C(OH)–C–C–N with tert-alkyl or cyclic N) is 1. The van der Waals surface area contributed by atoms with Crippen LogP contribution in [0.3, 0.4) is 0 Å². The van der Waals surface area contributed by atoms with Crippen molar-refractivity contribution in [3.63, 3.8) is 0 Å². The second kappa shape index (κ2) is 7.33. The number of anilines is 1. The fraction of sp³-hybridized carbons (Fsp3) is 0.533. The molecule has 7 heteroatoms. The van der Waals surface area contributed by atoms with Crippen molar-refractivity contribution in [2.45, 2.75) is 25.4 Å². The third kappa shape index (κ3) is 3.80. The van der Waals surface area contributed by atoms with Gasteiger partial charge in [-0.3, -0.25) is 0 Å². The van der Waals surface area contributed by atoms with E-state index in [0.29, 0.717) is 5.82 Å². The lowest BCUT2D eigenvalue weighted by Crippen LogP contribution is -2.39. The summed E-state index contributed by atoms with van der Waals surface area (Å²) in [5.74, 6) is 1.30. The maximum Gasteiger partial charge on any atom is 0.214 e. The maximum absolute atomic E-state index is 9.67. The summed E-state index contributed by atoms with van der Waals surface area (Å²) in [6.45, 7) is 3.66. The molecule has 2 N–H and O–H groups in total. The van der Waals surface area contributed by atoms with Gasteiger partial charge in [-0.1, -0.05) is 5.16 Å². The fourth-order valence-electron chi connectivity index (χ4n) is 2.76. The SMILES string of the molecule is O[C@H]1CCCN(CCCNc2ncccc2-c2ncon2)C1. The summed E-state index contributed by atoms with van der Waals surface area (Å²) < 4.78 is 4.79. The van der Waals surface area contributed by atoms with E-state index in [1.165, 1.54) is 6.39 Å². The molecular formula is C15H21N5O2. The van der Waals surface area contributed by atoms with E-state index in [9.17, 15) is 5.11 Å². The first kappa shape index (κ1) is 14.9. The van der Waals surface area contributed by atoms with Crippen LogP contribution < -0.4 is 5.32 Å². The number of aliphatic hydroxyl groups excluding tert-OH is 1. The molecule has 0 saturated carbocycles. The van der Waals surface area contributed by atoms with Gasteiger partial charge in [-0.15, -0.1) is 0 Å². The molecule has 22 heavy (non-hydrogen) atoms. The zero-order chi connectivity index (χ0) is 15.2. The number of hydrogen-bond acceptors (Lipinski definition) is 7. The summed E-state index contributed by atoms with van der Waals surface area (Å²) in [6, 6.07) is 3.77. The van der Waals surface area contributed by atoms with Crippen LogP contribution in [0, 0.1) is 0 Å². The van der Waals surface area contributed by atoms with Gasteiger partial charge in [-0.05, 0) is 44.5 Å². The maximum atomic E-state index is 9.67. The number of likely N-dealkylation sites (tertiary alicyclic amines) is 1. The molecular weight excluding hydrogens is 282 g/mol. The van der Waals surface area contributed by atoms with Crippen LogP contribution in [0.2, 0.25) is 0 Å². The average Bonchev–Trinajstić information content (AvgIpc) is 3.06. The van der Waals surface area contributed by atoms with Gasteiger partial charge in [0.05, 0.1) is 11.7 Å². The van der Waals surface area contributed by atoms with Crippen molar-refractivity contribution in [1.29, 1.82) is 0 Å². The quantitative estimate of drug-likeness (QED) is 0.780. The Balaban J connectivity index is 1.50. The summed E-state index contributed by atoms with van der Waals surface area (Å²) in [5, 5.41) is 16.9. The standard InChI is InChI=1S/C15H21N5O2/c21-12-4-2-8-20(10-12)9-3-7-17-14-13(5-1-6-16-14)15-18-11-22-19-15/h1,5-6,11-12,21H,2-4,7-10H2,(H,16,17)/t12-/m0/s1. The molecule has 1 saturated heterocycles. The molecule has 0 aromatic carbocycles. The van der Waals surface area contributed by atoms with Crippen LogP contribution in [0.15, 0.2) is 29.2 Å². The Labute approximate surface area is 129 Å². The van der Waals surface area contributed by atoms with Crippen molar-refractivity contribution >= 4 is 5.82 Å². The largest absolute Gasteiger partial charge is 0.392 e. The van der Waals surface area contributed by atoms with E-state index in [1.807, 2.05) is 12.1 Å². The van der Waals surface area contributed by atoms with Crippen LogP contribution >= 0.6 is 0 Å². The lowest BCUT2D eigenvalue weighted by molar-refractivity contribution is 0.0706. The van der Waals surface area contributed by atoms with E-state index in [4.69, 9.17) is 4.52 Å². The summed E-state index contributed by atoms with van der Waals surface area (Å²) in [4.78, 5) is 10.7. The third-order valence-electron chi connectivity index (χ3n) is 3.83. The predicted molar refractivity (Wildman–Crippen MR) is 82.3 cm³/mol. The minimum atomic E-state index is -0.164. The second-order valence-electron chi connectivity index (χ2n) is 5.53. The highest BCUT2D eigenvalue weighted by Gasteiger charge is 2.16. The van der Waals surface area contributed by atoms with E-state index < -0.39 is 0 Å². The van der Waals surface area contributed by atoms with Crippen LogP contribution in [0.5, 0.6) is 0 Å². The minimum Gasteiger partial charge on any atom is -0.392 e. The number of aliphatic hydroxyl groups is 1. The van der Waals surface area contributed by atoms with Gasteiger partial charge in [-0.2, -0.15) is 4.98 Å². The van der Waals surface area contributed by atoms with E-state index in [1.54, 1.807) is 6.20 Å². The van der Waals surface area contributed by atoms with Gasteiger partial charge in [0.15, 0.2) is 0 Å². The van der Waals surface area contributed by atoms with Crippen molar-refractivity contribution in [1.82, 2.24) is 20.0 Å². The van der Waals surface area contributed by atoms with Gasteiger partial charge in [-0.25, -0.2) is 4.98 Å². The zero-order valence-electron chi connectivity index (χ0n) is 12.5. The molecule has 1 atom stereocenters. The van der Waals surface area contributed by atoms with Crippen molar-refractivity contribution in [3.8, 4) is 11.4 Å². The number of rotatable bonds is 6. The molecule has 0 radical (unpaired) electrons. The van der Waals surface area contributed by atoms with Crippen molar-refractivity contribution in [2.24, 2.45) is 0 Å². The van der Waals surface area contributed by atoms with Crippen molar-refractivity contribution < 1.29 is 9.63 Å². The molecule has 1 aliphatic heterocycles. The number of pyridine rings is 1. The first-order chi connectivity index (χ1) is 10.8. The molecule has 0 bridgehead atoms. The molecule has 2 aromatic rings. The summed E-state index contributed by atoms with van der Waals surface area (Å²) >= 11 is 0. The monoisotopic (exact) mass is 303 g/mol. The van der Waals surface area contributed by atoms with Gasteiger partial charge in [0.2, 0.25) is 12.2 Å². The lowest BCUT2D eigenvalue weighted by atomic mass is 10.1. The molecule has 0 spiro atoms. The average molecular weight is 303 g/mol. The Hall–Kier alpha value is -1.99. The normalized spacial score (nSPS) is 19.2. The Morgan fingerprint density at radius 1 is 1.41 bits per heavy atom. The number of nitrogens with zero attached hydrogens (tertiary/aromatic N) is 4. The number of hydrogen-bond donors (Lipinski definition) is 2. The van der Waals surface area contributed by atoms with Gasteiger partial charge < -0.3 is 19.8 Å². The first-order valence-electron chi connectivity index (χ1n) is 7.69. The Morgan fingerprint density at radius 2 is 2.36 bits per heavy atom. The van der Waals surface area contributed by atoms with E-state index in [2.05, 4.69) is 25.3 Å². The number of piperidine rings is 1. The highest BCUT2D eigenvalue weighted by atomic mass is 16.5. The molecule has 3 rings (SSSR count). The highest BCUT2D eigenvalue weighted by molar-refractivity contribution is 5.69. The minimum absolute atomic E-state index is 0.164. The predicted octanol–water partition coefficient (Wildman–Crippen LogP) is 1.39. The first-order valence-corrected chi connectivity index (χ1v) is 7.69. The molecule has 1 aliphatic rings. The Morgan fingerprint density at radius 3 is 3.18 bits per heavy atom. The van der Waals surface area contributed by atoms with Crippen LogP contribution in [0.25, 0.3) is 11.4 Å². The molecule has 7 nitrogen and oxygen atoms in total. The number of nitrogens with one attached hydrogen (secondary N) is 1. The third-order valence-corrected chi connectivity index (χ3v) is 3.83. The van der Waals surface area contributed by atoms with Gasteiger partial charge in [0.25, 0.3) is 0 Å². The van der Waals surface area contributed by atoms with E-state index in [0.717, 1.165) is 56.8 Å². The summed E-state index contributed by atoms with van der Waals surface area (Å²) in [6.07, 6.45) is 5.89. The van der Waals surface area contributed by atoms with Crippen molar-refractivity contribution in [3.05, 3.63) is 24.7 Å². The van der Waals surface area contributed by atoms with E-state index in [-0.39, 0.29) is 6.10 Å². The summed E-state index contributed by atoms with van der Waals surface area (Å²) in [5.41, 5.74) is 0.838. The molecule has 0 aliphatic carbocycles. The van der Waals surface area contributed by atoms with Crippen LogP contribution in [-0.4, -0.2) is 57.4 Å². The van der Waals surface area contributed by atoms with Crippen LogP contribution in [-0.2, 0) is 0 Å². The Kier molecular flexibility index (Phi) is 4.97. The molecule has 0 amide bonds. The van der Waals surface area contributed by atoms with Gasteiger partial charge in [0, 0.05) is 19.3 Å². The molecule has 3 heterocycles. The second-order valence-corrected chi connectivity index (χ2v) is 5.53. The highest BCUT2D eigenvalue weighted by Crippen LogP contribution is 2.22. The smallest absolute Gasteiger partial charge is 0.214 e. The molecule has 2 aromatic heterocycles.